The van der Waals surface area contributed by atoms with Gasteiger partial charge in [0.2, 0.25) is 5.79 Å². The van der Waals surface area contributed by atoms with E-state index in [9.17, 15) is 4.79 Å². The van der Waals surface area contributed by atoms with Crippen molar-refractivity contribution in [3.63, 3.8) is 0 Å². The molecule has 3 atom stereocenters. The lowest BCUT2D eigenvalue weighted by Gasteiger charge is -2.53. The molecule has 5 nitrogen and oxygen atoms in total. The largest absolute Gasteiger partial charge is 0.466 e. The molecule has 1 saturated heterocycles. The molecule has 2 bridgehead atoms. The quantitative estimate of drug-likeness (QED) is 0.513. The fraction of sp³-hybridized carbons (Fsp3) is 0.750. The van der Waals surface area contributed by atoms with Gasteiger partial charge in [-0.3, -0.25) is 0 Å². The summed E-state index contributed by atoms with van der Waals surface area (Å²) in [7, 11) is 1.35. The van der Waals surface area contributed by atoms with Gasteiger partial charge in [0.05, 0.1) is 18.8 Å². The van der Waals surface area contributed by atoms with Gasteiger partial charge in [-0.1, -0.05) is 6.42 Å². The lowest BCUT2D eigenvalue weighted by Crippen LogP contribution is -2.63. The summed E-state index contributed by atoms with van der Waals surface area (Å²) in [4.78, 5) is 22.5. The Morgan fingerprint density at radius 3 is 3.06 bits per heavy atom. The second-order valence-electron chi connectivity index (χ2n) is 4.97. The summed E-state index contributed by atoms with van der Waals surface area (Å²) >= 11 is 0. The minimum atomic E-state index is -1.13. The summed E-state index contributed by atoms with van der Waals surface area (Å²) in [6.45, 7) is 1.69. The zero-order chi connectivity index (χ0) is 12.1. The van der Waals surface area contributed by atoms with Gasteiger partial charge in [0, 0.05) is 0 Å². The van der Waals surface area contributed by atoms with E-state index >= 15 is 0 Å². The van der Waals surface area contributed by atoms with Crippen LogP contribution in [0.3, 0.4) is 0 Å². The molecule has 4 rings (SSSR count). The molecule has 0 aromatic rings. The van der Waals surface area contributed by atoms with E-state index in [0.29, 0.717) is 5.57 Å². The Labute approximate surface area is 99.6 Å². The molecule has 1 saturated carbocycles. The summed E-state index contributed by atoms with van der Waals surface area (Å²) in [6.07, 6.45) is 5.73. The maximum Gasteiger partial charge on any atom is 0.339 e. The predicted molar refractivity (Wildman–Crippen MR) is 56.7 cm³/mol. The summed E-state index contributed by atoms with van der Waals surface area (Å²) < 4.78 is 10.6. The van der Waals surface area contributed by atoms with Gasteiger partial charge >= 0.3 is 5.97 Å². The van der Waals surface area contributed by atoms with Gasteiger partial charge in [-0.2, -0.15) is 4.89 Å². The molecule has 94 valence electrons. The SMILES string of the molecule is COC(=O)C1=C[C@]23CCCC[C@@H]2O[C@@]1(C)OO3. The van der Waals surface area contributed by atoms with E-state index in [4.69, 9.17) is 19.2 Å². The van der Waals surface area contributed by atoms with Gasteiger partial charge in [-0.25, -0.2) is 9.68 Å². The van der Waals surface area contributed by atoms with E-state index in [1.807, 2.05) is 6.08 Å². The third kappa shape index (κ3) is 1.46. The number of esters is 1. The average Bonchev–Trinajstić information content (AvgIpc) is 2.36. The van der Waals surface area contributed by atoms with E-state index < -0.39 is 17.4 Å². The molecule has 17 heavy (non-hydrogen) atoms. The Hall–Kier alpha value is -0.910. The molecule has 2 fully saturated rings. The first-order chi connectivity index (χ1) is 8.10. The molecule has 0 N–H and O–H groups in total. The van der Waals surface area contributed by atoms with Crippen LogP contribution in [0.5, 0.6) is 0 Å². The smallest absolute Gasteiger partial charge is 0.339 e. The maximum absolute atomic E-state index is 11.7. The van der Waals surface area contributed by atoms with Crippen LogP contribution in [0.15, 0.2) is 11.6 Å². The summed E-state index contributed by atoms with van der Waals surface area (Å²) in [5.41, 5.74) is -0.191. The zero-order valence-corrected chi connectivity index (χ0v) is 10.0. The van der Waals surface area contributed by atoms with Gasteiger partial charge < -0.3 is 9.47 Å². The molecule has 3 heterocycles. The molecule has 4 aliphatic rings. The Kier molecular flexibility index (Phi) is 2.33. The van der Waals surface area contributed by atoms with Crippen LogP contribution in [0.2, 0.25) is 0 Å². The lowest BCUT2D eigenvalue weighted by atomic mass is 9.77. The monoisotopic (exact) mass is 240 g/mol. The van der Waals surface area contributed by atoms with Gasteiger partial charge in [0.25, 0.3) is 0 Å². The second-order valence-corrected chi connectivity index (χ2v) is 4.97. The van der Waals surface area contributed by atoms with E-state index in [1.165, 1.54) is 7.11 Å². The highest BCUT2D eigenvalue weighted by Gasteiger charge is 2.59. The van der Waals surface area contributed by atoms with Crippen molar-refractivity contribution in [2.24, 2.45) is 0 Å². The normalized spacial score (nSPS) is 43.9. The molecule has 0 aromatic heterocycles. The third-order valence-electron chi connectivity index (χ3n) is 3.84. The number of hydrogen-bond acceptors (Lipinski definition) is 5. The zero-order valence-electron chi connectivity index (χ0n) is 10.0. The molecule has 1 aliphatic carbocycles. The molecule has 0 unspecified atom stereocenters. The van der Waals surface area contributed by atoms with Crippen molar-refractivity contribution in [2.75, 3.05) is 7.11 Å². The van der Waals surface area contributed by atoms with Crippen LogP contribution >= 0.6 is 0 Å². The van der Waals surface area contributed by atoms with E-state index in [0.717, 1.165) is 25.7 Å². The maximum atomic E-state index is 11.7. The highest BCUT2D eigenvalue weighted by Crippen LogP contribution is 2.49. The van der Waals surface area contributed by atoms with Gasteiger partial charge in [0.1, 0.15) is 5.60 Å². The van der Waals surface area contributed by atoms with Crippen LogP contribution in [0, 0.1) is 0 Å². The highest BCUT2D eigenvalue weighted by atomic mass is 17.3. The van der Waals surface area contributed by atoms with Crippen molar-refractivity contribution in [2.45, 2.75) is 50.1 Å². The van der Waals surface area contributed by atoms with Crippen molar-refractivity contribution in [1.29, 1.82) is 0 Å². The van der Waals surface area contributed by atoms with Crippen molar-refractivity contribution in [3.8, 4) is 0 Å². The Balaban J connectivity index is 2.03. The molecule has 0 aromatic carbocycles. The first-order valence-corrected chi connectivity index (χ1v) is 5.96. The first-order valence-electron chi connectivity index (χ1n) is 5.96. The average molecular weight is 240 g/mol. The van der Waals surface area contributed by atoms with Crippen LogP contribution in [0.25, 0.3) is 0 Å². The van der Waals surface area contributed by atoms with Crippen LogP contribution in [-0.2, 0) is 24.0 Å². The number of rotatable bonds is 1. The molecule has 0 amide bonds. The molecule has 0 radical (unpaired) electrons. The Bertz CT molecular complexity index is 390. The van der Waals surface area contributed by atoms with Gasteiger partial charge in [0.15, 0.2) is 0 Å². The van der Waals surface area contributed by atoms with Crippen LogP contribution < -0.4 is 0 Å². The van der Waals surface area contributed by atoms with Gasteiger partial charge in [-0.15, -0.1) is 0 Å². The van der Waals surface area contributed by atoms with Crippen molar-refractivity contribution in [3.05, 3.63) is 11.6 Å². The first kappa shape index (κ1) is 11.2. The van der Waals surface area contributed by atoms with Crippen molar-refractivity contribution in [1.82, 2.24) is 0 Å². The predicted octanol–water partition coefficient (Wildman–Crippen LogP) is 1.48. The number of hydrogen-bond donors (Lipinski definition) is 0. The topological polar surface area (TPSA) is 54.0 Å². The van der Waals surface area contributed by atoms with Crippen molar-refractivity contribution < 1.29 is 24.0 Å². The third-order valence-corrected chi connectivity index (χ3v) is 3.84. The summed E-state index contributed by atoms with van der Waals surface area (Å²) in [5.74, 6) is -1.55. The number of carbonyl (C=O) groups is 1. The fourth-order valence-electron chi connectivity index (χ4n) is 2.87. The van der Waals surface area contributed by atoms with Gasteiger partial charge in [-0.05, 0) is 32.3 Å². The second kappa shape index (κ2) is 3.54. The molecular formula is C12H16O5. The van der Waals surface area contributed by atoms with E-state index in [2.05, 4.69) is 0 Å². The Morgan fingerprint density at radius 2 is 2.29 bits per heavy atom. The van der Waals surface area contributed by atoms with Crippen molar-refractivity contribution >= 4 is 5.97 Å². The highest BCUT2D eigenvalue weighted by molar-refractivity contribution is 5.90. The van der Waals surface area contributed by atoms with E-state index in [1.54, 1.807) is 6.92 Å². The number of fused-ring (bicyclic) bond motifs is 1. The fourth-order valence-corrected chi connectivity index (χ4v) is 2.87. The number of carbonyl (C=O) groups excluding carboxylic acids is 1. The molecular weight excluding hydrogens is 224 g/mol. The lowest BCUT2D eigenvalue weighted by molar-refractivity contribution is -0.517. The minimum Gasteiger partial charge on any atom is -0.466 e. The minimum absolute atomic E-state index is 0.0246. The number of ether oxygens (including phenoxy) is 2. The van der Waals surface area contributed by atoms with Crippen LogP contribution in [-0.4, -0.2) is 30.6 Å². The summed E-state index contributed by atoms with van der Waals surface area (Å²) in [5, 5.41) is 0. The molecule has 5 heteroatoms. The molecule has 3 aliphatic heterocycles. The van der Waals surface area contributed by atoms with Crippen LogP contribution in [0.1, 0.15) is 32.6 Å². The number of methoxy groups -OCH3 is 1. The van der Waals surface area contributed by atoms with E-state index in [-0.39, 0.29) is 6.10 Å². The Morgan fingerprint density at radius 1 is 1.47 bits per heavy atom. The summed E-state index contributed by atoms with van der Waals surface area (Å²) in [6, 6.07) is 0. The van der Waals surface area contributed by atoms with Crippen LogP contribution in [0.4, 0.5) is 0 Å². The standard InChI is InChI=1S/C12H16O5/c1-11-8(10(13)14-2)7-12(17-16-11)6-4-3-5-9(12)15-11/h7,9H,3-6H2,1-2H3/t9-,11-,12+/m0/s1. The molecule has 1 spiro atoms.